The van der Waals surface area contributed by atoms with E-state index in [9.17, 15) is 10.1 Å². The summed E-state index contributed by atoms with van der Waals surface area (Å²) >= 11 is 0. The molecule has 0 spiro atoms. The molecule has 0 unspecified atom stereocenters. The third kappa shape index (κ3) is 3.96. The number of H-pyrrole nitrogens is 1. The third-order valence-electron chi connectivity index (χ3n) is 5.64. The van der Waals surface area contributed by atoms with Crippen molar-refractivity contribution in [3.05, 3.63) is 125 Å². The Hall–Kier alpha value is -4.75. The number of nitrogens with one attached hydrogen (secondary N) is 1. The van der Waals surface area contributed by atoms with Crippen LogP contribution in [-0.2, 0) is 0 Å². The van der Waals surface area contributed by atoms with Crippen LogP contribution in [-0.4, -0.2) is 10.2 Å². The van der Waals surface area contributed by atoms with Crippen molar-refractivity contribution in [3.63, 3.8) is 0 Å². The molecule has 0 aliphatic rings. The van der Waals surface area contributed by atoms with E-state index < -0.39 is 5.56 Å². The Morgan fingerprint density at radius 2 is 1.00 bits per heavy atom. The van der Waals surface area contributed by atoms with Crippen molar-refractivity contribution in [1.82, 2.24) is 10.2 Å². The standard InChI is InChI=1S/C29H19N3O/c30-19-26-27(24-15-11-22(12-16-24)20-7-3-1-4-8-20)28(31-32-29(26)33)25-17-13-23(14-18-25)21-9-5-2-6-10-21/h1-18H,(H,32,33). The second kappa shape index (κ2) is 8.78. The highest BCUT2D eigenvalue weighted by atomic mass is 16.1. The summed E-state index contributed by atoms with van der Waals surface area (Å²) in [7, 11) is 0. The van der Waals surface area contributed by atoms with E-state index >= 15 is 0 Å². The summed E-state index contributed by atoms with van der Waals surface area (Å²) in [6, 6.07) is 38.1. The SMILES string of the molecule is N#Cc1c(-c2ccc(-c3ccccc3)cc2)c(-c2ccc(-c3ccccc3)cc2)n[nH]c1=O. The minimum atomic E-state index is -0.496. The van der Waals surface area contributed by atoms with Crippen LogP contribution in [0.1, 0.15) is 5.56 Å². The Labute approximate surface area is 191 Å². The van der Waals surface area contributed by atoms with Gasteiger partial charge in [-0.25, -0.2) is 5.10 Å². The number of rotatable bonds is 4. The van der Waals surface area contributed by atoms with Crippen LogP contribution in [0.25, 0.3) is 44.6 Å². The van der Waals surface area contributed by atoms with Crippen LogP contribution >= 0.6 is 0 Å². The Kier molecular flexibility index (Phi) is 5.37. The average molecular weight is 425 g/mol. The number of aromatic nitrogens is 2. The molecule has 1 heterocycles. The molecule has 4 aromatic carbocycles. The van der Waals surface area contributed by atoms with Crippen LogP contribution in [0.3, 0.4) is 0 Å². The van der Waals surface area contributed by atoms with E-state index in [1.54, 1.807) is 0 Å². The lowest BCUT2D eigenvalue weighted by atomic mass is 9.93. The van der Waals surface area contributed by atoms with Gasteiger partial charge in [0.2, 0.25) is 0 Å². The Balaban J connectivity index is 1.60. The molecule has 0 radical (unpaired) electrons. The number of hydrogen-bond acceptors (Lipinski definition) is 3. The van der Waals surface area contributed by atoms with Crippen LogP contribution < -0.4 is 5.56 Å². The van der Waals surface area contributed by atoms with Gasteiger partial charge >= 0.3 is 0 Å². The summed E-state index contributed by atoms with van der Waals surface area (Å²) in [5, 5.41) is 16.6. The molecular formula is C29H19N3O. The van der Waals surface area contributed by atoms with Gasteiger partial charge in [-0.3, -0.25) is 4.79 Å². The van der Waals surface area contributed by atoms with Crippen LogP contribution in [0.2, 0.25) is 0 Å². The molecule has 0 aliphatic heterocycles. The van der Waals surface area contributed by atoms with Crippen molar-refractivity contribution >= 4 is 0 Å². The monoisotopic (exact) mass is 425 g/mol. The van der Waals surface area contributed by atoms with Crippen molar-refractivity contribution in [2.75, 3.05) is 0 Å². The highest BCUT2D eigenvalue weighted by Gasteiger charge is 2.18. The van der Waals surface area contributed by atoms with Crippen LogP contribution in [0.5, 0.6) is 0 Å². The smallest absolute Gasteiger partial charge is 0.266 e. The minimum Gasteiger partial charge on any atom is -0.266 e. The van der Waals surface area contributed by atoms with Gasteiger partial charge in [-0.15, -0.1) is 0 Å². The maximum atomic E-state index is 12.4. The highest BCUT2D eigenvalue weighted by molar-refractivity contribution is 5.85. The van der Waals surface area contributed by atoms with Crippen molar-refractivity contribution in [3.8, 4) is 50.7 Å². The molecule has 4 nitrogen and oxygen atoms in total. The molecule has 0 saturated heterocycles. The average Bonchev–Trinajstić information content (AvgIpc) is 2.90. The normalized spacial score (nSPS) is 10.5. The molecule has 0 bridgehead atoms. The fourth-order valence-electron chi connectivity index (χ4n) is 3.96. The van der Waals surface area contributed by atoms with E-state index in [-0.39, 0.29) is 5.56 Å². The zero-order valence-corrected chi connectivity index (χ0v) is 17.7. The van der Waals surface area contributed by atoms with Crippen molar-refractivity contribution in [2.45, 2.75) is 0 Å². The number of benzene rings is 4. The summed E-state index contributed by atoms with van der Waals surface area (Å²) in [6.45, 7) is 0. The lowest BCUT2D eigenvalue weighted by molar-refractivity contribution is 0.990. The third-order valence-corrected chi connectivity index (χ3v) is 5.64. The Morgan fingerprint density at radius 3 is 1.48 bits per heavy atom. The molecule has 0 amide bonds. The maximum Gasteiger partial charge on any atom is 0.282 e. The van der Waals surface area contributed by atoms with Crippen molar-refractivity contribution < 1.29 is 0 Å². The van der Waals surface area contributed by atoms with Gasteiger partial charge in [-0.2, -0.15) is 10.4 Å². The van der Waals surface area contributed by atoms with Gasteiger partial charge in [0.15, 0.2) is 0 Å². The molecule has 1 aromatic heterocycles. The molecule has 0 aliphatic carbocycles. The van der Waals surface area contributed by atoms with E-state index in [1.165, 1.54) is 0 Å². The zero-order valence-electron chi connectivity index (χ0n) is 17.7. The maximum absolute atomic E-state index is 12.4. The highest BCUT2D eigenvalue weighted by Crippen LogP contribution is 2.34. The van der Waals surface area contributed by atoms with Crippen molar-refractivity contribution in [2.24, 2.45) is 0 Å². The van der Waals surface area contributed by atoms with E-state index in [4.69, 9.17) is 0 Å². The van der Waals surface area contributed by atoms with Crippen LogP contribution in [0, 0.1) is 11.3 Å². The molecule has 0 atom stereocenters. The summed E-state index contributed by atoms with van der Waals surface area (Å²) in [5.74, 6) is 0. The number of aromatic amines is 1. The van der Waals surface area contributed by atoms with Gasteiger partial charge < -0.3 is 0 Å². The lowest BCUT2D eigenvalue weighted by Gasteiger charge is -2.12. The Bertz CT molecular complexity index is 1500. The first kappa shape index (κ1) is 20.2. The van der Waals surface area contributed by atoms with Gasteiger partial charge in [-0.1, -0.05) is 109 Å². The first-order valence-corrected chi connectivity index (χ1v) is 10.6. The Morgan fingerprint density at radius 1 is 0.576 bits per heavy atom. The molecule has 33 heavy (non-hydrogen) atoms. The van der Waals surface area contributed by atoms with Gasteiger partial charge in [0, 0.05) is 11.1 Å². The number of nitriles is 1. The summed E-state index contributed by atoms with van der Waals surface area (Å²) in [4.78, 5) is 12.4. The predicted octanol–water partition coefficient (Wildman–Crippen LogP) is 6.31. The quantitative estimate of drug-likeness (QED) is 0.367. The zero-order chi connectivity index (χ0) is 22.6. The molecular weight excluding hydrogens is 406 g/mol. The molecule has 0 saturated carbocycles. The first-order valence-electron chi connectivity index (χ1n) is 10.6. The van der Waals surface area contributed by atoms with Crippen LogP contribution in [0.15, 0.2) is 114 Å². The predicted molar refractivity (Wildman–Crippen MR) is 131 cm³/mol. The number of nitrogens with zero attached hydrogens (tertiary/aromatic N) is 2. The molecule has 5 aromatic rings. The fourth-order valence-corrected chi connectivity index (χ4v) is 3.96. The van der Waals surface area contributed by atoms with E-state index in [2.05, 4.69) is 28.4 Å². The second-order valence-corrected chi connectivity index (χ2v) is 7.65. The summed E-state index contributed by atoms with van der Waals surface area (Å²) in [5.41, 5.74) is 6.62. The minimum absolute atomic E-state index is 0.0552. The topological polar surface area (TPSA) is 69.5 Å². The fraction of sp³-hybridized carbons (Fsp3) is 0. The van der Waals surface area contributed by atoms with Gasteiger partial charge in [0.05, 0.1) is 0 Å². The molecule has 4 heteroatoms. The molecule has 156 valence electrons. The van der Waals surface area contributed by atoms with Gasteiger partial charge in [0.1, 0.15) is 17.3 Å². The van der Waals surface area contributed by atoms with E-state index in [0.29, 0.717) is 11.3 Å². The second-order valence-electron chi connectivity index (χ2n) is 7.65. The van der Waals surface area contributed by atoms with E-state index in [0.717, 1.165) is 33.4 Å². The summed E-state index contributed by atoms with van der Waals surface area (Å²) < 4.78 is 0. The summed E-state index contributed by atoms with van der Waals surface area (Å²) in [6.07, 6.45) is 0. The molecule has 1 N–H and O–H groups in total. The number of hydrogen-bond donors (Lipinski definition) is 1. The van der Waals surface area contributed by atoms with E-state index in [1.807, 2.05) is 97.1 Å². The molecule has 0 fully saturated rings. The molecule has 5 rings (SSSR count). The van der Waals surface area contributed by atoms with Gasteiger partial charge in [0.25, 0.3) is 5.56 Å². The first-order chi connectivity index (χ1) is 16.2. The van der Waals surface area contributed by atoms with Crippen LogP contribution in [0.4, 0.5) is 0 Å². The van der Waals surface area contributed by atoms with Crippen molar-refractivity contribution in [1.29, 1.82) is 5.26 Å². The van der Waals surface area contributed by atoms with Gasteiger partial charge in [-0.05, 0) is 27.8 Å². The largest absolute Gasteiger partial charge is 0.282 e. The lowest BCUT2D eigenvalue weighted by Crippen LogP contribution is -2.15.